The molecule has 0 N–H and O–H groups in total. The summed E-state index contributed by atoms with van der Waals surface area (Å²) in [5.74, 6) is 1.58. The van der Waals surface area contributed by atoms with Crippen LogP contribution in [0.2, 0.25) is 0 Å². The first-order chi connectivity index (χ1) is 9.51. The molecule has 0 aliphatic heterocycles. The zero-order chi connectivity index (χ0) is 14.7. The lowest BCUT2D eigenvalue weighted by atomic mass is 10.1. The lowest BCUT2D eigenvalue weighted by Gasteiger charge is -2.17. The van der Waals surface area contributed by atoms with Gasteiger partial charge in [-0.2, -0.15) is 0 Å². The Balaban J connectivity index is 2.61. The highest BCUT2D eigenvalue weighted by Crippen LogP contribution is 2.34. The Bertz CT molecular complexity index is 615. The molecule has 0 radical (unpaired) electrons. The summed E-state index contributed by atoms with van der Waals surface area (Å²) >= 11 is 0. The van der Waals surface area contributed by atoms with Crippen LogP contribution in [0.1, 0.15) is 38.1 Å². The quantitative estimate of drug-likeness (QED) is 0.764. The van der Waals surface area contributed by atoms with Crippen molar-refractivity contribution in [3.63, 3.8) is 0 Å². The van der Waals surface area contributed by atoms with E-state index in [1.807, 2.05) is 52.0 Å². The van der Waals surface area contributed by atoms with E-state index in [1.165, 1.54) is 0 Å². The van der Waals surface area contributed by atoms with E-state index in [1.54, 1.807) is 6.07 Å². The fourth-order valence-corrected chi connectivity index (χ4v) is 2.10. The topological polar surface area (TPSA) is 35.5 Å². The molecule has 0 saturated heterocycles. The summed E-state index contributed by atoms with van der Waals surface area (Å²) < 4.78 is 11.6. The Kier molecular flexibility index (Phi) is 4.28. The number of benzene rings is 2. The number of hydrogen-bond donors (Lipinski definition) is 0. The molecule has 0 heterocycles. The zero-order valence-corrected chi connectivity index (χ0v) is 12.3. The van der Waals surface area contributed by atoms with Crippen LogP contribution >= 0.6 is 0 Å². The first-order valence-corrected chi connectivity index (χ1v) is 6.86. The summed E-state index contributed by atoms with van der Waals surface area (Å²) in [6.45, 7) is 7.94. The molecule has 0 aliphatic carbocycles. The molecule has 20 heavy (non-hydrogen) atoms. The summed E-state index contributed by atoms with van der Waals surface area (Å²) in [6, 6.07) is 9.36. The van der Waals surface area contributed by atoms with Gasteiger partial charge in [0, 0.05) is 16.3 Å². The maximum Gasteiger partial charge on any atom is 0.150 e. The van der Waals surface area contributed by atoms with Crippen LogP contribution in [0.15, 0.2) is 30.3 Å². The van der Waals surface area contributed by atoms with E-state index in [0.717, 1.165) is 28.6 Å². The van der Waals surface area contributed by atoms with E-state index in [-0.39, 0.29) is 12.2 Å². The number of aldehydes is 1. The van der Waals surface area contributed by atoms with Crippen LogP contribution in [0.3, 0.4) is 0 Å². The average Bonchev–Trinajstić information content (AvgIpc) is 2.40. The van der Waals surface area contributed by atoms with Crippen molar-refractivity contribution in [2.45, 2.75) is 39.9 Å². The molecular weight excluding hydrogens is 252 g/mol. The normalized spacial score (nSPS) is 11.1. The van der Waals surface area contributed by atoms with E-state index in [9.17, 15) is 4.79 Å². The van der Waals surface area contributed by atoms with Gasteiger partial charge in [0.05, 0.1) is 12.2 Å². The minimum absolute atomic E-state index is 0.0787. The molecular formula is C17H20O3. The van der Waals surface area contributed by atoms with Crippen LogP contribution in [0.5, 0.6) is 11.5 Å². The Morgan fingerprint density at radius 3 is 1.90 bits per heavy atom. The highest BCUT2D eigenvalue weighted by Gasteiger charge is 2.11. The SMILES string of the molecule is CC(C)Oc1ccc(OC(C)C)c2cc(C=O)ccc12. The van der Waals surface area contributed by atoms with Crippen LogP contribution in [0.4, 0.5) is 0 Å². The van der Waals surface area contributed by atoms with Gasteiger partial charge in [0.2, 0.25) is 0 Å². The minimum atomic E-state index is 0.0787. The maximum atomic E-state index is 11.0. The predicted molar refractivity (Wildman–Crippen MR) is 80.9 cm³/mol. The second-order valence-corrected chi connectivity index (χ2v) is 5.32. The minimum Gasteiger partial charge on any atom is -0.490 e. The number of ether oxygens (including phenoxy) is 2. The van der Waals surface area contributed by atoms with E-state index in [4.69, 9.17) is 9.47 Å². The molecule has 2 rings (SSSR count). The van der Waals surface area contributed by atoms with Crippen LogP contribution in [0, 0.1) is 0 Å². The van der Waals surface area contributed by atoms with Gasteiger partial charge in [-0.25, -0.2) is 0 Å². The largest absolute Gasteiger partial charge is 0.490 e. The lowest BCUT2D eigenvalue weighted by Crippen LogP contribution is -2.08. The third-order valence-electron chi connectivity index (χ3n) is 2.82. The summed E-state index contributed by atoms with van der Waals surface area (Å²) in [5, 5.41) is 1.86. The summed E-state index contributed by atoms with van der Waals surface area (Å²) in [6.07, 6.45) is 1.02. The monoisotopic (exact) mass is 272 g/mol. The Morgan fingerprint density at radius 1 is 0.850 bits per heavy atom. The van der Waals surface area contributed by atoms with E-state index >= 15 is 0 Å². The maximum absolute atomic E-state index is 11.0. The molecule has 3 heteroatoms. The summed E-state index contributed by atoms with van der Waals surface area (Å²) in [5.41, 5.74) is 0.632. The number of hydrogen-bond acceptors (Lipinski definition) is 3. The lowest BCUT2D eigenvalue weighted by molar-refractivity contribution is 0.112. The Hall–Kier alpha value is -2.03. The molecule has 0 unspecified atom stereocenters. The van der Waals surface area contributed by atoms with Crippen molar-refractivity contribution in [1.82, 2.24) is 0 Å². The molecule has 0 spiro atoms. The van der Waals surface area contributed by atoms with Gasteiger partial charge >= 0.3 is 0 Å². The highest BCUT2D eigenvalue weighted by molar-refractivity contribution is 5.96. The predicted octanol–water partition coefficient (Wildman–Crippen LogP) is 4.23. The Morgan fingerprint density at radius 2 is 1.40 bits per heavy atom. The van der Waals surface area contributed by atoms with Crippen LogP contribution in [-0.2, 0) is 0 Å². The van der Waals surface area contributed by atoms with Gasteiger partial charge < -0.3 is 9.47 Å². The summed E-state index contributed by atoms with van der Waals surface area (Å²) in [4.78, 5) is 11.0. The van der Waals surface area contributed by atoms with Gasteiger partial charge in [0.25, 0.3) is 0 Å². The molecule has 2 aromatic carbocycles. The van der Waals surface area contributed by atoms with Crippen molar-refractivity contribution >= 4 is 17.1 Å². The first kappa shape index (κ1) is 14.4. The molecule has 0 atom stereocenters. The second kappa shape index (κ2) is 5.95. The molecule has 0 saturated carbocycles. The first-order valence-electron chi connectivity index (χ1n) is 6.86. The molecule has 0 fully saturated rings. The zero-order valence-electron chi connectivity index (χ0n) is 12.3. The van der Waals surface area contributed by atoms with E-state index in [2.05, 4.69) is 0 Å². The van der Waals surface area contributed by atoms with Crippen LogP contribution in [-0.4, -0.2) is 18.5 Å². The van der Waals surface area contributed by atoms with E-state index < -0.39 is 0 Å². The smallest absolute Gasteiger partial charge is 0.150 e. The third-order valence-corrected chi connectivity index (χ3v) is 2.82. The van der Waals surface area contributed by atoms with Crippen molar-refractivity contribution in [2.75, 3.05) is 0 Å². The number of fused-ring (bicyclic) bond motifs is 1. The van der Waals surface area contributed by atoms with Crippen molar-refractivity contribution in [1.29, 1.82) is 0 Å². The van der Waals surface area contributed by atoms with E-state index in [0.29, 0.717) is 5.56 Å². The van der Waals surface area contributed by atoms with Gasteiger partial charge in [-0.3, -0.25) is 4.79 Å². The van der Waals surface area contributed by atoms with Crippen molar-refractivity contribution in [2.24, 2.45) is 0 Å². The summed E-state index contributed by atoms with van der Waals surface area (Å²) in [7, 11) is 0. The second-order valence-electron chi connectivity index (χ2n) is 5.32. The molecule has 106 valence electrons. The molecule has 2 aromatic rings. The number of carbonyl (C=O) groups excluding carboxylic acids is 1. The number of rotatable bonds is 5. The van der Waals surface area contributed by atoms with Crippen molar-refractivity contribution in [3.8, 4) is 11.5 Å². The molecule has 3 nitrogen and oxygen atoms in total. The number of carbonyl (C=O) groups is 1. The third kappa shape index (κ3) is 3.10. The molecule has 0 aliphatic rings. The van der Waals surface area contributed by atoms with Crippen molar-refractivity contribution in [3.05, 3.63) is 35.9 Å². The molecule has 0 amide bonds. The standard InChI is InChI=1S/C17H20O3/c1-11(2)19-16-7-8-17(20-12(3)4)15-9-13(10-18)5-6-14(15)16/h5-12H,1-4H3. The van der Waals surface area contributed by atoms with Crippen molar-refractivity contribution < 1.29 is 14.3 Å². The van der Waals surface area contributed by atoms with Gasteiger partial charge in [-0.05, 0) is 52.0 Å². The van der Waals surface area contributed by atoms with Crippen LogP contribution < -0.4 is 9.47 Å². The van der Waals surface area contributed by atoms with Crippen LogP contribution in [0.25, 0.3) is 10.8 Å². The highest BCUT2D eigenvalue weighted by atomic mass is 16.5. The average molecular weight is 272 g/mol. The molecule has 0 aromatic heterocycles. The van der Waals surface area contributed by atoms with Gasteiger partial charge in [-0.1, -0.05) is 6.07 Å². The van der Waals surface area contributed by atoms with Gasteiger partial charge in [-0.15, -0.1) is 0 Å². The fraction of sp³-hybridized carbons (Fsp3) is 0.353. The van der Waals surface area contributed by atoms with Gasteiger partial charge in [0.15, 0.2) is 0 Å². The molecule has 0 bridgehead atoms. The van der Waals surface area contributed by atoms with Gasteiger partial charge in [0.1, 0.15) is 17.8 Å². The fourth-order valence-electron chi connectivity index (χ4n) is 2.10. The Labute approximate surface area is 119 Å².